The molecule has 2 fully saturated rings. The van der Waals surface area contributed by atoms with Crippen LogP contribution < -0.4 is 0 Å². The molecule has 2 aromatic heterocycles. The Balaban J connectivity index is 0.000000913. The lowest BCUT2D eigenvalue weighted by atomic mass is 9.67. The summed E-state index contributed by atoms with van der Waals surface area (Å²) in [5.74, 6) is 0.408. The Hall–Kier alpha value is -3.21. The number of carboxylic acid groups (broad SMARTS) is 1. The van der Waals surface area contributed by atoms with E-state index < -0.39 is 5.41 Å². The van der Waals surface area contributed by atoms with Crippen LogP contribution in [0, 0.1) is 12.3 Å². The number of likely N-dealkylation sites (N-methyl/N-ethyl adjacent to an activating group) is 1. The summed E-state index contributed by atoms with van der Waals surface area (Å²) in [6.45, 7) is 3.97. The molecule has 0 spiro atoms. The third-order valence-corrected chi connectivity index (χ3v) is 6.33. The van der Waals surface area contributed by atoms with Gasteiger partial charge < -0.3 is 28.7 Å². The molecule has 0 aromatic carbocycles. The van der Waals surface area contributed by atoms with E-state index in [9.17, 15) is 9.59 Å². The maximum atomic E-state index is 13.7. The molecular weight excluding hydrogens is 418 g/mol. The van der Waals surface area contributed by atoms with Crippen molar-refractivity contribution in [1.82, 2.24) is 24.8 Å². The summed E-state index contributed by atoms with van der Waals surface area (Å²) < 4.78 is 10.1. The predicted molar refractivity (Wildman–Crippen MR) is 112 cm³/mol. The SMILES string of the molecule is Cc1ocnc1C(=O)N1CCC[C@@]2(C(=O)N(C)Cc3ccon3)CCN(C)C[C@H]12.O=CO. The Morgan fingerprint density at radius 2 is 2.12 bits per heavy atom. The van der Waals surface area contributed by atoms with Crippen LogP contribution >= 0.6 is 0 Å². The van der Waals surface area contributed by atoms with Gasteiger partial charge in [0.2, 0.25) is 5.91 Å². The van der Waals surface area contributed by atoms with Crippen LogP contribution in [0.25, 0.3) is 0 Å². The van der Waals surface area contributed by atoms with E-state index >= 15 is 0 Å². The van der Waals surface area contributed by atoms with Crippen LogP contribution in [0.1, 0.15) is 41.2 Å². The molecule has 2 aliphatic rings. The number of hydrogen-bond donors (Lipinski definition) is 1. The number of aryl methyl sites for hydroxylation is 1. The van der Waals surface area contributed by atoms with E-state index in [1.165, 1.54) is 12.7 Å². The van der Waals surface area contributed by atoms with Gasteiger partial charge in [-0.2, -0.15) is 0 Å². The fourth-order valence-electron chi connectivity index (χ4n) is 4.79. The Kier molecular flexibility index (Phi) is 7.29. The highest BCUT2D eigenvalue weighted by Gasteiger charge is 2.54. The number of hydrogen-bond acceptors (Lipinski definition) is 8. The van der Waals surface area contributed by atoms with E-state index in [0.717, 1.165) is 25.8 Å². The number of nitrogens with zero attached hydrogens (tertiary/aromatic N) is 5. The summed E-state index contributed by atoms with van der Waals surface area (Å²) in [6, 6.07) is 1.56. The Bertz CT molecular complexity index is 929. The third kappa shape index (κ3) is 4.52. The molecule has 4 heterocycles. The number of rotatable bonds is 4. The fraction of sp³-hybridized carbons (Fsp3) is 0.571. The van der Waals surface area contributed by atoms with E-state index in [1.807, 2.05) is 11.9 Å². The number of likely N-dealkylation sites (tertiary alicyclic amines) is 2. The molecule has 2 aliphatic heterocycles. The van der Waals surface area contributed by atoms with Crippen molar-refractivity contribution in [2.75, 3.05) is 33.7 Å². The molecule has 0 bridgehead atoms. The van der Waals surface area contributed by atoms with Crippen molar-refractivity contribution in [1.29, 1.82) is 0 Å². The van der Waals surface area contributed by atoms with Crippen molar-refractivity contribution in [3.63, 3.8) is 0 Å². The van der Waals surface area contributed by atoms with E-state index in [2.05, 4.69) is 15.0 Å². The standard InChI is InChI=1S/C20H27N5O4.CH2O2/c1-14-17(21-13-28-14)18(26)25-8-4-6-20(7-9-23(2)12-16(20)25)19(27)24(3)11-15-5-10-29-22-15;2-1-3/h5,10,13,16H,4,6-9,11-12H2,1-3H3;1H,(H,2,3)/t16-,20+;/m0./s1. The number of piperidine rings is 2. The maximum absolute atomic E-state index is 13.7. The highest BCUT2D eigenvalue weighted by atomic mass is 16.5. The first kappa shape index (κ1) is 23.5. The molecule has 32 heavy (non-hydrogen) atoms. The van der Waals surface area contributed by atoms with Gasteiger partial charge in [-0.15, -0.1) is 0 Å². The minimum absolute atomic E-state index is 0.0629. The van der Waals surface area contributed by atoms with Gasteiger partial charge in [0.1, 0.15) is 17.7 Å². The van der Waals surface area contributed by atoms with E-state index in [4.69, 9.17) is 18.8 Å². The monoisotopic (exact) mass is 447 g/mol. The van der Waals surface area contributed by atoms with E-state index in [-0.39, 0.29) is 24.3 Å². The molecule has 0 radical (unpaired) electrons. The molecule has 2 aromatic rings. The second kappa shape index (κ2) is 9.94. The molecule has 0 saturated carbocycles. The Morgan fingerprint density at radius 1 is 1.38 bits per heavy atom. The van der Waals surface area contributed by atoms with Gasteiger partial charge in [-0.1, -0.05) is 5.16 Å². The van der Waals surface area contributed by atoms with Gasteiger partial charge in [0.05, 0.1) is 18.0 Å². The summed E-state index contributed by atoms with van der Waals surface area (Å²) in [5, 5.41) is 10.8. The first-order chi connectivity index (χ1) is 15.3. The minimum Gasteiger partial charge on any atom is -0.483 e. The zero-order valence-corrected chi connectivity index (χ0v) is 18.6. The lowest BCUT2D eigenvalue weighted by molar-refractivity contribution is -0.153. The molecule has 0 aliphatic carbocycles. The van der Waals surface area contributed by atoms with Crippen LogP contribution in [-0.4, -0.2) is 88.0 Å². The van der Waals surface area contributed by atoms with Gasteiger partial charge in [0, 0.05) is 26.2 Å². The zero-order chi connectivity index (χ0) is 23.3. The predicted octanol–water partition coefficient (Wildman–Crippen LogP) is 1.26. The molecule has 11 nitrogen and oxygen atoms in total. The number of oxazole rings is 1. The maximum Gasteiger partial charge on any atom is 0.290 e. The largest absolute Gasteiger partial charge is 0.483 e. The smallest absolute Gasteiger partial charge is 0.290 e. The van der Waals surface area contributed by atoms with Crippen LogP contribution in [0.4, 0.5) is 0 Å². The molecular formula is C21H29N5O6. The Labute approximate surface area is 185 Å². The first-order valence-corrected chi connectivity index (χ1v) is 10.5. The molecule has 4 rings (SSSR count). The van der Waals surface area contributed by atoms with Crippen LogP contribution in [0.5, 0.6) is 0 Å². The summed E-state index contributed by atoms with van der Waals surface area (Å²) in [5.41, 5.74) is 0.442. The summed E-state index contributed by atoms with van der Waals surface area (Å²) >= 11 is 0. The summed E-state index contributed by atoms with van der Waals surface area (Å²) in [6.07, 6.45) is 5.08. The van der Waals surface area contributed by atoms with Gasteiger partial charge in [0.15, 0.2) is 12.1 Å². The Morgan fingerprint density at radius 3 is 2.75 bits per heavy atom. The summed E-state index contributed by atoms with van der Waals surface area (Å²) in [4.78, 5) is 45.2. The molecule has 2 atom stereocenters. The average molecular weight is 447 g/mol. The third-order valence-electron chi connectivity index (χ3n) is 6.33. The summed E-state index contributed by atoms with van der Waals surface area (Å²) in [7, 11) is 3.83. The fourth-order valence-corrected chi connectivity index (χ4v) is 4.79. The van der Waals surface area contributed by atoms with E-state index in [1.54, 1.807) is 24.9 Å². The van der Waals surface area contributed by atoms with Gasteiger partial charge >= 0.3 is 0 Å². The number of amides is 2. The minimum atomic E-state index is -0.601. The second-order valence-corrected chi connectivity index (χ2v) is 8.30. The molecule has 11 heteroatoms. The second-order valence-electron chi connectivity index (χ2n) is 8.30. The van der Waals surface area contributed by atoms with E-state index in [0.29, 0.717) is 36.8 Å². The average Bonchev–Trinajstić information content (AvgIpc) is 3.44. The highest BCUT2D eigenvalue weighted by Crippen LogP contribution is 2.44. The van der Waals surface area contributed by atoms with Crippen molar-refractivity contribution in [3.05, 3.63) is 35.9 Å². The number of aromatic nitrogens is 2. The lowest BCUT2D eigenvalue weighted by Crippen LogP contribution is -2.66. The van der Waals surface area contributed by atoms with Crippen LogP contribution in [0.15, 0.2) is 27.7 Å². The van der Waals surface area contributed by atoms with Crippen molar-refractivity contribution in [2.24, 2.45) is 5.41 Å². The van der Waals surface area contributed by atoms with Gasteiger partial charge in [-0.05, 0) is 39.8 Å². The topological polar surface area (TPSA) is 133 Å². The molecule has 174 valence electrons. The number of carbonyl (C=O) groups excluding carboxylic acids is 2. The molecule has 2 amide bonds. The highest BCUT2D eigenvalue weighted by molar-refractivity contribution is 5.94. The van der Waals surface area contributed by atoms with Crippen molar-refractivity contribution >= 4 is 18.3 Å². The quantitative estimate of drug-likeness (QED) is 0.688. The van der Waals surface area contributed by atoms with Gasteiger partial charge in [-0.25, -0.2) is 4.98 Å². The normalized spacial score (nSPS) is 23.0. The van der Waals surface area contributed by atoms with Crippen molar-refractivity contribution in [3.8, 4) is 0 Å². The molecule has 0 unspecified atom stereocenters. The molecule has 1 N–H and O–H groups in total. The molecule has 2 saturated heterocycles. The first-order valence-electron chi connectivity index (χ1n) is 10.5. The number of carbonyl (C=O) groups is 3. The number of fused-ring (bicyclic) bond motifs is 1. The van der Waals surface area contributed by atoms with Crippen LogP contribution in [-0.2, 0) is 16.1 Å². The van der Waals surface area contributed by atoms with Crippen LogP contribution in [0.3, 0.4) is 0 Å². The van der Waals surface area contributed by atoms with Crippen molar-refractivity contribution in [2.45, 2.75) is 38.8 Å². The lowest BCUT2D eigenvalue weighted by Gasteiger charge is -2.54. The van der Waals surface area contributed by atoms with Gasteiger partial charge in [-0.3, -0.25) is 14.4 Å². The zero-order valence-electron chi connectivity index (χ0n) is 18.6. The van der Waals surface area contributed by atoms with Gasteiger partial charge in [0.25, 0.3) is 12.4 Å². The van der Waals surface area contributed by atoms with Crippen LogP contribution in [0.2, 0.25) is 0 Å². The van der Waals surface area contributed by atoms with Crippen molar-refractivity contribution < 1.29 is 28.4 Å².